The summed E-state index contributed by atoms with van der Waals surface area (Å²) in [5.74, 6) is 0.251. The van der Waals surface area contributed by atoms with Crippen LogP contribution < -0.4 is 4.90 Å². The van der Waals surface area contributed by atoms with Crippen LogP contribution in [-0.4, -0.2) is 12.3 Å². The quantitative estimate of drug-likeness (QED) is 0.502. The van der Waals surface area contributed by atoms with Gasteiger partial charge in [0.15, 0.2) is 5.76 Å². The summed E-state index contributed by atoms with van der Waals surface area (Å²) in [6, 6.07) is 9.45. The molecule has 0 spiro atoms. The van der Waals surface area contributed by atoms with Crippen LogP contribution in [0.1, 0.15) is 30.0 Å². The van der Waals surface area contributed by atoms with Gasteiger partial charge in [0.05, 0.1) is 12.0 Å². The second-order valence-electron chi connectivity index (χ2n) is 4.90. The number of rotatable bonds is 5. The molecule has 2 aromatic rings. The Bertz CT molecular complexity index is 659. The minimum atomic E-state index is -0.105. The summed E-state index contributed by atoms with van der Waals surface area (Å²) < 4.78 is 5.15. The van der Waals surface area contributed by atoms with Gasteiger partial charge in [-0.3, -0.25) is 4.79 Å². The van der Waals surface area contributed by atoms with E-state index < -0.39 is 0 Å². The van der Waals surface area contributed by atoms with Crippen LogP contribution in [0.5, 0.6) is 0 Å². The van der Waals surface area contributed by atoms with Crippen molar-refractivity contribution in [1.82, 2.24) is 0 Å². The summed E-state index contributed by atoms with van der Waals surface area (Å²) in [7, 11) is 0. The highest BCUT2D eigenvalue weighted by Gasteiger charge is 2.13. The number of hydrogen-bond donors (Lipinski definition) is 1. The molecule has 0 fully saturated rings. The molecule has 0 unspecified atom stereocenters. The van der Waals surface area contributed by atoms with Crippen LogP contribution in [0.4, 0.5) is 5.69 Å². The Labute approximate surface area is 130 Å². The Morgan fingerprint density at radius 1 is 1.38 bits per heavy atom. The Kier molecular flexibility index (Phi) is 4.91. The number of furan rings is 1. The molecule has 0 amide bonds. The normalized spacial score (nSPS) is 11.5. The number of ketones is 1. The molecule has 0 radical (unpaired) electrons. The zero-order chi connectivity index (χ0) is 15.4. The Hall–Kier alpha value is -1.94. The summed E-state index contributed by atoms with van der Waals surface area (Å²) in [6.07, 6.45) is 3.35. The van der Waals surface area contributed by atoms with E-state index in [1.807, 2.05) is 43.1 Å². The highest BCUT2D eigenvalue weighted by atomic mass is 32.1. The topological polar surface area (TPSA) is 33.5 Å². The predicted molar refractivity (Wildman–Crippen MR) is 88.2 cm³/mol. The molecule has 1 aromatic heterocycles. The van der Waals surface area contributed by atoms with E-state index in [4.69, 9.17) is 4.42 Å². The Balaban J connectivity index is 2.29. The highest BCUT2D eigenvalue weighted by Crippen LogP contribution is 2.26. The number of carbonyl (C=O) groups excluding carboxylic acids is 1. The lowest BCUT2D eigenvalue weighted by Gasteiger charge is -2.21. The first-order valence-corrected chi connectivity index (χ1v) is 7.30. The molecule has 21 heavy (non-hydrogen) atoms. The van der Waals surface area contributed by atoms with Crippen molar-refractivity contribution >= 4 is 24.1 Å². The van der Waals surface area contributed by atoms with Crippen molar-refractivity contribution in [1.29, 1.82) is 0 Å². The minimum Gasteiger partial charge on any atom is -0.461 e. The lowest BCUT2D eigenvalue weighted by atomic mass is 10.1. The fraction of sp³-hybridized carbons (Fsp3) is 0.235. The van der Waals surface area contributed by atoms with Crippen LogP contribution in [0.25, 0.3) is 0 Å². The third-order valence-electron chi connectivity index (χ3n) is 3.23. The van der Waals surface area contributed by atoms with Crippen LogP contribution in [-0.2, 0) is 0 Å². The van der Waals surface area contributed by atoms with Crippen molar-refractivity contribution in [2.24, 2.45) is 0 Å². The number of allylic oxidation sites excluding steroid dienone is 1. The van der Waals surface area contributed by atoms with Gasteiger partial charge in [-0.15, -0.1) is 12.6 Å². The summed E-state index contributed by atoms with van der Waals surface area (Å²) in [5.41, 5.74) is 2.77. The number of Topliss-reactive ketones (excluding diaryl/α,β-unsaturated/α-hetero) is 1. The van der Waals surface area contributed by atoms with E-state index in [1.54, 1.807) is 19.1 Å². The second-order valence-corrected chi connectivity index (χ2v) is 5.38. The van der Waals surface area contributed by atoms with Gasteiger partial charge in [0.2, 0.25) is 5.78 Å². The van der Waals surface area contributed by atoms with Gasteiger partial charge in [0.1, 0.15) is 0 Å². The van der Waals surface area contributed by atoms with Crippen molar-refractivity contribution in [3.8, 4) is 0 Å². The third-order valence-corrected chi connectivity index (χ3v) is 3.59. The van der Waals surface area contributed by atoms with Gasteiger partial charge in [0.25, 0.3) is 0 Å². The van der Waals surface area contributed by atoms with Crippen molar-refractivity contribution in [3.63, 3.8) is 0 Å². The fourth-order valence-electron chi connectivity index (χ4n) is 2.10. The molecule has 0 aliphatic carbocycles. The molecule has 0 saturated heterocycles. The number of hydrogen-bond acceptors (Lipinski definition) is 4. The number of benzene rings is 1. The maximum atomic E-state index is 12.2. The standard InChI is InChI=1S/C17H19NO2S/c1-4-18(14-8-7-12(2)10-16(14)21)11-13(3)17(19)15-6-5-9-20-15/h5-11,21H,4H2,1-3H3/b13-11-. The van der Waals surface area contributed by atoms with Gasteiger partial charge >= 0.3 is 0 Å². The van der Waals surface area contributed by atoms with Crippen molar-refractivity contribution < 1.29 is 9.21 Å². The van der Waals surface area contributed by atoms with E-state index in [0.717, 1.165) is 22.7 Å². The second kappa shape index (κ2) is 6.68. The molecule has 0 atom stereocenters. The van der Waals surface area contributed by atoms with Gasteiger partial charge in [-0.1, -0.05) is 6.07 Å². The van der Waals surface area contributed by atoms with Crippen LogP contribution in [0.2, 0.25) is 0 Å². The SMILES string of the molecule is CCN(/C=C(/C)C(=O)c1ccco1)c1ccc(C)cc1S. The lowest BCUT2D eigenvalue weighted by molar-refractivity contribution is 0.100. The van der Waals surface area contributed by atoms with Gasteiger partial charge in [-0.05, 0) is 50.6 Å². The maximum Gasteiger partial charge on any atom is 0.225 e. The highest BCUT2D eigenvalue weighted by molar-refractivity contribution is 7.80. The molecule has 2 rings (SSSR count). The van der Waals surface area contributed by atoms with E-state index in [-0.39, 0.29) is 5.78 Å². The van der Waals surface area contributed by atoms with E-state index in [2.05, 4.69) is 12.6 Å². The summed E-state index contributed by atoms with van der Waals surface area (Å²) in [4.78, 5) is 15.1. The van der Waals surface area contributed by atoms with Crippen molar-refractivity contribution in [2.45, 2.75) is 25.7 Å². The number of anilines is 1. The molecular formula is C17H19NO2S. The molecule has 0 saturated carbocycles. The fourth-order valence-corrected chi connectivity index (χ4v) is 2.51. The van der Waals surface area contributed by atoms with E-state index in [9.17, 15) is 4.79 Å². The molecule has 110 valence electrons. The molecule has 1 heterocycles. The number of aryl methyl sites for hydroxylation is 1. The molecule has 0 bridgehead atoms. The molecule has 0 aliphatic rings. The molecule has 3 nitrogen and oxygen atoms in total. The lowest BCUT2D eigenvalue weighted by Crippen LogP contribution is -2.18. The Morgan fingerprint density at radius 3 is 2.71 bits per heavy atom. The van der Waals surface area contributed by atoms with Crippen molar-refractivity contribution in [3.05, 3.63) is 59.7 Å². The first-order valence-electron chi connectivity index (χ1n) is 6.85. The Morgan fingerprint density at radius 2 is 2.14 bits per heavy atom. The van der Waals surface area contributed by atoms with Gasteiger partial charge in [0, 0.05) is 23.2 Å². The smallest absolute Gasteiger partial charge is 0.225 e. The van der Waals surface area contributed by atoms with Crippen LogP contribution in [0.15, 0.2) is 57.7 Å². The van der Waals surface area contributed by atoms with Crippen LogP contribution in [0, 0.1) is 6.92 Å². The third kappa shape index (κ3) is 3.58. The summed E-state index contributed by atoms with van der Waals surface area (Å²) >= 11 is 4.52. The van der Waals surface area contributed by atoms with Gasteiger partial charge in [-0.2, -0.15) is 0 Å². The first kappa shape index (κ1) is 15.4. The summed E-state index contributed by atoms with van der Waals surface area (Å²) in [6.45, 7) is 6.61. The zero-order valence-electron chi connectivity index (χ0n) is 12.5. The number of carbonyl (C=O) groups is 1. The number of nitrogens with zero attached hydrogens (tertiary/aromatic N) is 1. The molecule has 0 aliphatic heterocycles. The van der Waals surface area contributed by atoms with Gasteiger partial charge in [-0.25, -0.2) is 0 Å². The summed E-state index contributed by atoms with van der Waals surface area (Å²) in [5, 5.41) is 0. The monoisotopic (exact) mass is 301 g/mol. The van der Waals surface area contributed by atoms with Gasteiger partial charge < -0.3 is 9.32 Å². The minimum absolute atomic E-state index is 0.105. The first-order chi connectivity index (χ1) is 10.0. The molecule has 4 heteroatoms. The van der Waals surface area contributed by atoms with E-state index in [1.165, 1.54) is 6.26 Å². The zero-order valence-corrected chi connectivity index (χ0v) is 13.4. The van der Waals surface area contributed by atoms with E-state index in [0.29, 0.717) is 11.3 Å². The van der Waals surface area contributed by atoms with Crippen LogP contribution in [0.3, 0.4) is 0 Å². The van der Waals surface area contributed by atoms with Crippen molar-refractivity contribution in [2.75, 3.05) is 11.4 Å². The molecule has 0 N–H and O–H groups in total. The average molecular weight is 301 g/mol. The predicted octanol–water partition coefficient (Wildman–Crippen LogP) is 4.49. The largest absolute Gasteiger partial charge is 0.461 e. The maximum absolute atomic E-state index is 12.2. The number of thiol groups is 1. The molecular weight excluding hydrogens is 282 g/mol. The molecule has 1 aromatic carbocycles. The average Bonchev–Trinajstić information content (AvgIpc) is 2.98. The van der Waals surface area contributed by atoms with Crippen LogP contribution >= 0.6 is 12.6 Å². The van der Waals surface area contributed by atoms with E-state index >= 15 is 0 Å².